The van der Waals surface area contributed by atoms with Crippen molar-refractivity contribution < 1.29 is 33.7 Å². The maximum atomic E-state index is 13.5. The minimum Gasteiger partial charge on any atom is -0.508 e. The lowest BCUT2D eigenvalue weighted by atomic mass is 9.88. The van der Waals surface area contributed by atoms with E-state index >= 15 is 0 Å². The van der Waals surface area contributed by atoms with Crippen LogP contribution in [0.2, 0.25) is 0 Å². The molecule has 2 heterocycles. The molecule has 5 aromatic rings. The van der Waals surface area contributed by atoms with Crippen LogP contribution in [0.4, 0.5) is 0 Å². The number of aryl methyl sites for hydroxylation is 1. The average Bonchev–Trinajstić information content (AvgIpc) is 2.81. The number of hydrogen-bond acceptors (Lipinski definition) is 9. The Morgan fingerprint density at radius 1 is 0.750 bits per heavy atom. The summed E-state index contributed by atoms with van der Waals surface area (Å²) in [5.41, 5.74) is -1.40. The fourth-order valence-electron chi connectivity index (χ4n) is 4.35. The fourth-order valence-corrected chi connectivity index (χ4v) is 4.35. The summed E-state index contributed by atoms with van der Waals surface area (Å²) in [6.07, 6.45) is 1.12. The first-order chi connectivity index (χ1) is 17.0. The van der Waals surface area contributed by atoms with Crippen LogP contribution < -0.4 is 10.9 Å². The number of phenols is 3. The summed E-state index contributed by atoms with van der Waals surface area (Å²) in [5.74, 6) is -2.36. The van der Waals surface area contributed by atoms with Gasteiger partial charge in [-0.25, -0.2) is 0 Å². The number of benzene rings is 3. The van der Waals surface area contributed by atoms with Gasteiger partial charge in [-0.3, -0.25) is 19.2 Å². The Kier molecular flexibility index (Phi) is 4.96. The number of aromatic hydroxyl groups is 3. The molecule has 0 radical (unpaired) electrons. The van der Waals surface area contributed by atoms with E-state index < -0.39 is 33.9 Å². The monoisotopic (exact) mass is 486 g/mol. The van der Waals surface area contributed by atoms with Crippen LogP contribution in [-0.4, -0.2) is 26.9 Å². The van der Waals surface area contributed by atoms with Gasteiger partial charge < -0.3 is 24.2 Å². The van der Waals surface area contributed by atoms with E-state index in [1.54, 1.807) is 6.92 Å². The second kappa shape index (κ2) is 7.81. The number of rotatable bonds is 3. The molecule has 0 aliphatic rings. The van der Waals surface area contributed by atoms with E-state index in [9.17, 15) is 34.5 Å². The van der Waals surface area contributed by atoms with Crippen LogP contribution in [0.1, 0.15) is 40.1 Å². The third kappa shape index (κ3) is 3.24. The molecule has 180 valence electrons. The van der Waals surface area contributed by atoms with E-state index in [-0.39, 0.29) is 60.9 Å². The summed E-state index contributed by atoms with van der Waals surface area (Å²) in [7, 11) is 0. The van der Waals surface area contributed by atoms with Gasteiger partial charge in [0.15, 0.2) is 23.1 Å². The highest BCUT2D eigenvalue weighted by Gasteiger charge is 2.27. The van der Waals surface area contributed by atoms with Crippen molar-refractivity contribution >= 4 is 44.5 Å². The summed E-state index contributed by atoms with van der Waals surface area (Å²) < 4.78 is 11.5. The van der Waals surface area contributed by atoms with Gasteiger partial charge in [0.05, 0.1) is 27.3 Å². The van der Waals surface area contributed by atoms with Gasteiger partial charge in [0, 0.05) is 17.2 Å². The van der Waals surface area contributed by atoms with E-state index in [2.05, 4.69) is 0 Å². The Balaban J connectivity index is 2.01. The van der Waals surface area contributed by atoms with Crippen LogP contribution >= 0.6 is 0 Å². The fraction of sp³-hybridized carbons (Fsp3) is 0.111. The van der Waals surface area contributed by atoms with Crippen LogP contribution in [0.5, 0.6) is 17.2 Å². The van der Waals surface area contributed by atoms with Crippen LogP contribution in [-0.2, 0) is 0 Å². The lowest BCUT2D eigenvalue weighted by molar-refractivity contribution is 0.101. The SMILES string of the molecule is CC(=O)c1cc2c(=O)c3cc(O)c(O)cc3oc2c(C(C)=O)c1-c1coc2cc(C)c(O)cc2c1=O. The molecule has 0 unspecified atom stereocenters. The first-order valence-corrected chi connectivity index (χ1v) is 10.8. The average molecular weight is 486 g/mol. The standard InChI is InChI=1S/C27H18O9/c1-10-4-21-14(6-18(10)30)26(34)17(9-35-21)24-13(11(2)28)5-16-25(33)15-7-19(31)20(32)8-22(15)36-27(16)23(24)12(3)29/h4-9,30-32H,1-3H3. The molecule has 0 saturated heterocycles. The number of carbonyl (C=O) groups is 2. The van der Waals surface area contributed by atoms with Gasteiger partial charge in [0.1, 0.15) is 28.8 Å². The summed E-state index contributed by atoms with van der Waals surface area (Å²) in [5, 5.41) is 29.7. The molecular weight excluding hydrogens is 468 g/mol. The Hall–Kier alpha value is -4.92. The van der Waals surface area contributed by atoms with Crippen molar-refractivity contribution in [3.8, 4) is 28.4 Å². The minimum absolute atomic E-state index is 0.0278. The van der Waals surface area contributed by atoms with Gasteiger partial charge in [-0.2, -0.15) is 0 Å². The Labute approximate surface area is 201 Å². The Morgan fingerprint density at radius 2 is 1.39 bits per heavy atom. The predicted octanol–water partition coefficient (Wildman–Crippen LogP) is 4.55. The Morgan fingerprint density at radius 3 is 2.06 bits per heavy atom. The maximum Gasteiger partial charge on any atom is 0.200 e. The zero-order valence-electron chi connectivity index (χ0n) is 19.3. The molecule has 0 amide bonds. The summed E-state index contributed by atoms with van der Waals surface area (Å²) in [6.45, 7) is 4.05. The molecule has 0 aliphatic carbocycles. The van der Waals surface area contributed by atoms with E-state index in [4.69, 9.17) is 8.83 Å². The summed E-state index contributed by atoms with van der Waals surface area (Å²) in [6, 6.07) is 6.01. The minimum atomic E-state index is -0.649. The first kappa shape index (κ1) is 22.9. The number of hydrogen-bond donors (Lipinski definition) is 3. The number of fused-ring (bicyclic) bond motifs is 3. The molecule has 0 fully saturated rings. The highest BCUT2D eigenvalue weighted by atomic mass is 16.3. The van der Waals surface area contributed by atoms with E-state index in [0.717, 1.165) is 18.4 Å². The van der Waals surface area contributed by atoms with E-state index in [0.29, 0.717) is 5.56 Å². The topological polar surface area (TPSA) is 155 Å². The number of ketones is 2. The van der Waals surface area contributed by atoms with Crippen molar-refractivity contribution in [1.29, 1.82) is 0 Å². The predicted molar refractivity (Wildman–Crippen MR) is 131 cm³/mol. The van der Waals surface area contributed by atoms with Gasteiger partial charge in [0.2, 0.25) is 10.9 Å². The number of carbonyl (C=O) groups excluding carboxylic acids is 2. The molecule has 2 aromatic heterocycles. The summed E-state index contributed by atoms with van der Waals surface area (Å²) in [4.78, 5) is 52.4. The molecule has 0 aliphatic heterocycles. The molecule has 5 rings (SSSR count). The van der Waals surface area contributed by atoms with Crippen molar-refractivity contribution in [2.45, 2.75) is 20.8 Å². The molecule has 9 heteroatoms. The smallest absolute Gasteiger partial charge is 0.200 e. The summed E-state index contributed by atoms with van der Waals surface area (Å²) >= 11 is 0. The Bertz CT molecular complexity index is 1920. The highest BCUT2D eigenvalue weighted by molar-refractivity contribution is 6.17. The van der Waals surface area contributed by atoms with Gasteiger partial charge in [-0.1, -0.05) is 0 Å². The van der Waals surface area contributed by atoms with Crippen LogP contribution in [0.25, 0.3) is 44.0 Å². The molecule has 3 N–H and O–H groups in total. The van der Waals surface area contributed by atoms with Crippen molar-refractivity contribution in [1.82, 2.24) is 0 Å². The van der Waals surface area contributed by atoms with Gasteiger partial charge in [0.25, 0.3) is 0 Å². The largest absolute Gasteiger partial charge is 0.508 e. The van der Waals surface area contributed by atoms with Gasteiger partial charge in [-0.15, -0.1) is 0 Å². The zero-order chi connectivity index (χ0) is 26.0. The molecule has 0 spiro atoms. The zero-order valence-corrected chi connectivity index (χ0v) is 19.3. The first-order valence-electron chi connectivity index (χ1n) is 10.8. The second-order valence-corrected chi connectivity index (χ2v) is 8.54. The molecule has 36 heavy (non-hydrogen) atoms. The quantitative estimate of drug-likeness (QED) is 0.189. The van der Waals surface area contributed by atoms with Crippen molar-refractivity contribution in [3.05, 3.63) is 73.7 Å². The van der Waals surface area contributed by atoms with Crippen LogP contribution in [0.15, 0.2) is 55.0 Å². The van der Waals surface area contributed by atoms with Crippen LogP contribution in [0.3, 0.4) is 0 Å². The maximum absolute atomic E-state index is 13.5. The second-order valence-electron chi connectivity index (χ2n) is 8.54. The molecule has 9 nitrogen and oxygen atoms in total. The highest BCUT2D eigenvalue weighted by Crippen LogP contribution is 2.37. The normalized spacial score (nSPS) is 11.4. The number of phenolic OH excluding ortho intramolecular Hbond substituents is 3. The lowest BCUT2D eigenvalue weighted by Crippen LogP contribution is -2.14. The van der Waals surface area contributed by atoms with Crippen molar-refractivity contribution in [2.24, 2.45) is 0 Å². The van der Waals surface area contributed by atoms with Crippen molar-refractivity contribution in [3.63, 3.8) is 0 Å². The van der Waals surface area contributed by atoms with E-state index in [1.807, 2.05) is 0 Å². The van der Waals surface area contributed by atoms with Gasteiger partial charge >= 0.3 is 0 Å². The third-order valence-corrected chi connectivity index (χ3v) is 6.15. The molecular formula is C27H18O9. The van der Waals surface area contributed by atoms with Crippen LogP contribution in [0, 0.1) is 6.92 Å². The lowest BCUT2D eigenvalue weighted by Gasteiger charge is -2.15. The third-order valence-electron chi connectivity index (χ3n) is 6.15. The molecule has 0 saturated carbocycles. The molecule has 3 aromatic carbocycles. The van der Waals surface area contributed by atoms with Gasteiger partial charge in [-0.05, 0) is 50.6 Å². The van der Waals surface area contributed by atoms with E-state index in [1.165, 1.54) is 32.0 Å². The number of Topliss-reactive ketones (excluding diaryl/α,β-unsaturated/α-hetero) is 2. The van der Waals surface area contributed by atoms with Crippen molar-refractivity contribution in [2.75, 3.05) is 0 Å². The molecule has 0 bridgehead atoms. The molecule has 0 atom stereocenters.